The average molecular weight is 216 g/mol. The van der Waals surface area contributed by atoms with Crippen LogP contribution >= 0.6 is 0 Å². The Labute approximate surface area is 90.4 Å². The minimum absolute atomic E-state index is 0.197. The Kier molecular flexibility index (Phi) is 4.50. The first-order valence-corrected chi connectivity index (χ1v) is 5.32. The van der Waals surface area contributed by atoms with Crippen LogP contribution in [0.15, 0.2) is 0 Å². The molecular weight excluding hydrogens is 196 g/mol. The maximum atomic E-state index is 10.8. The predicted octanol–water partition coefficient (Wildman–Crippen LogP) is -0.229. The van der Waals surface area contributed by atoms with Crippen LogP contribution in [0.4, 0.5) is 0 Å². The van der Waals surface area contributed by atoms with E-state index in [1.165, 1.54) is 0 Å². The first-order chi connectivity index (χ1) is 7.10. The molecule has 15 heavy (non-hydrogen) atoms. The predicted molar refractivity (Wildman–Crippen MR) is 57.0 cm³/mol. The van der Waals surface area contributed by atoms with Crippen molar-refractivity contribution in [3.63, 3.8) is 0 Å². The quantitative estimate of drug-likeness (QED) is 0.576. The second-order valence-corrected chi connectivity index (χ2v) is 4.02. The van der Waals surface area contributed by atoms with Gasteiger partial charge in [0.15, 0.2) is 0 Å². The largest absolute Gasteiger partial charge is 0.481 e. The van der Waals surface area contributed by atoms with Gasteiger partial charge in [-0.15, -0.1) is 0 Å². The molecule has 5 heteroatoms. The fraction of sp³-hybridized carbons (Fsp3) is 0.900. The lowest BCUT2D eigenvalue weighted by molar-refractivity contribution is -0.141. The molecule has 1 fully saturated rings. The first-order valence-electron chi connectivity index (χ1n) is 5.32. The summed E-state index contributed by atoms with van der Waals surface area (Å²) < 4.78 is 5.26. The Bertz CT molecular complexity index is 217. The Morgan fingerprint density at radius 3 is 2.67 bits per heavy atom. The second kappa shape index (κ2) is 5.44. The molecule has 1 aliphatic rings. The van der Waals surface area contributed by atoms with Crippen molar-refractivity contribution in [2.24, 2.45) is 0 Å². The van der Waals surface area contributed by atoms with Crippen LogP contribution in [-0.2, 0) is 9.53 Å². The molecule has 0 aromatic carbocycles. The molecule has 0 atom stereocenters. The highest BCUT2D eigenvalue weighted by molar-refractivity contribution is 5.68. The monoisotopic (exact) mass is 216 g/mol. The first kappa shape index (κ1) is 12.4. The zero-order valence-electron chi connectivity index (χ0n) is 9.45. The van der Waals surface area contributed by atoms with Gasteiger partial charge in [0, 0.05) is 26.2 Å². The normalized spacial score (nSPS) is 18.9. The molecule has 0 aliphatic carbocycles. The van der Waals surface area contributed by atoms with Crippen LogP contribution in [0.3, 0.4) is 0 Å². The second-order valence-electron chi connectivity index (χ2n) is 4.02. The van der Waals surface area contributed by atoms with Gasteiger partial charge in [0.05, 0.1) is 18.6 Å². The Morgan fingerprint density at radius 2 is 2.27 bits per heavy atom. The topological polar surface area (TPSA) is 61.8 Å². The molecule has 1 heterocycles. The minimum atomic E-state index is -0.736. The molecule has 0 aromatic heterocycles. The van der Waals surface area contributed by atoms with Crippen molar-refractivity contribution in [2.75, 3.05) is 39.9 Å². The lowest BCUT2D eigenvalue weighted by Crippen LogP contribution is -2.69. The number of rotatable bonds is 7. The summed E-state index contributed by atoms with van der Waals surface area (Å²) in [7, 11) is 1.96. The lowest BCUT2D eigenvalue weighted by Gasteiger charge is -2.48. The third-order valence-electron chi connectivity index (χ3n) is 2.97. The van der Waals surface area contributed by atoms with Crippen LogP contribution in [-0.4, -0.2) is 61.4 Å². The number of carboxylic acid groups (broad SMARTS) is 1. The van der Waals surface area contributed by atoms with Crippen molar-refractivity contribution in [1.82, 2.24) is 10.2 Å². The summed E-state index contributed by atoms with van der Waals surface area (Å²) >= 11 is 0. The van der Waals surface area contributed by atoms with Crippen molar-refractivity contribution in [2.45, 2.75) is 18.9 Å². The summed E-state index contributed by atoms with van der Waals surface area (Å²) in [5.41, 5.74) is -0.205. The van der Waals surface area contributed by atoms with Crippen molar-refractivity contribution in [3.05, 3.63) is 0 Å². The van der Waals surface area contributed by atoms with E-state index in [4.69, 9.17) is 9.84 Å². The molecule has 1 rings (SSSR count). The zero-order valence-corrected chi connectivity index (χ0v) is 9.45. The van der Waals surface area contributed by atoms with Gasteiger partial charge in [-0.1, -0.05) is 0 Å². The smallest absolute Gasteiger partial charge is 0.305 e. The number of nitrogens with one attached hydrogen (secondary N) is 1. The third kappa shape index (κ3) is 3.15. The van der Waals surface area contributed by atoms with E-state index >= 15 is 0 Å². The number of nitrogens with zero attached hydrogens (tertiary/aromatic N) is 1. The van der Waals surface area contributed by atoms with Crippen molar-refractivity contribution < 1.29 is 14.6 Å². The minimum Gasteiger partial charge on any atom is -0.481 e. The van der Waals surface area contributed by atoms with Crippen molar-refractivity contribution in [3.8, 4) is 0 Å². The molecule has 5 nitrogen and oxygen atoms in total. The molecule has 0 amide bonds. The van der Waals surface area contributed by atoms with E-state index in [1.807, 2.05) is 14.0 Å². The summed E-state index contributed by atoms with van der Waals surface area (Å²) in [5, 5.41) is 12.0. The highest BCUT2D eigenvalue weighted by Crippen LogP contribution is 2.23. The molecule has 0 aromatic rings. The van der Waals surface area contributed by atoms with Gasteiger partial charge in [-0.25, -0.2) is 0 Å². The zero-order chi connectivity index (χ0) is 11.3. The van der Waals surface area contributed by atoms with E-state index in [0.717, 1.165) is 19.6 Å². The number of hydrogen-bond donors (Lipinski definition) is 2. The van der Waals surface area contributed by atoms with Gasteiger partial charge in [-0.2, -0.15) is 0 Å². The SMILES string of the molecule is CCOCCN(C)C1(CC(=O)O)CNC1. The van der Waals surface area contributed by atoms with Crippen LogP contribution < -0.4 is 5.32 Å². The lowest BCUT2D eigenvalue weighted by atomic mass is 9.87. The van der Waals surface area contributed by atoms with E-state index in [1.54, 1.807) is 0 Å². The van der Waals surface area contributed by atoms with E-state index in [0.29, 0.717) is 13.2 Å². The maximum absolute atomic E-state index is 10.8. The number of hydrogen-bond acceptors (Lipinski definition) is 4. The number of aliphatic carboxylic acids is 1. The maximum Gasteiger partial charge on any atom is 0.305 e. The molecule has 2 N–H and O–H groups in total. The van der Waals surface area contributed by atoms with Crippen LogP contribution in [0.5, 0.6) is 0 Å². The fourth-order valence-corrected chi connectivity index (χ4v) is 1.81. The number of carboxylic acids is 1. The van der Waals surface area contributed by atoms with E-state index in [-0.39, 0.29) is 12.0 Å². The summed E-state index contributed by atoms with van der Waals surface area (Å²) in [6, 6.07) is 0. The van der Waals surface area contributed by atoms with Gasteiger partial charge in [0.25, 0.3) is 0 Å². The molecule has 88 valence electrons. The number of carbonyl (C=O) groups is 1. The molecule has 0 unspecified atom stereocenters. The Hall–Kier alpha value is -0.650. The summed E-state index contributed by atoms with van der Waals surface area (Å²) in [6.45, 7) is 5.61. The number of ether oxygens (including phenoxy) is 1. The van der Waals surface area contributed by atoms with Gasteiger partial charge in [-0.05, 0) is 14.0 Å². The van der Waals surface area contributed by atoms with Crippen molar-refractivity contribution >= 4 is 5.97 Å². The molecule has 1 aliphatic heterocycles. The Morgan fingerprint density at radius 1 is 1.60 bits per heavy atom. The molecule has 0 spiro atoms. The summed E-state index contributed by atoms with van der Waals surface area (Å²) in [4.78, 5) is 12.8. The van der Waals surface area contributed by atoms with E-state index in [9.17, 15) is 4.79 Å². The van der Waals surface area contributed by atoms with Gasteiger partial charge in [0.1, 0.15) is 0 Å². The van der Waals surface area contributed by atoms with Crippen LogP contribution in [0.25, 0.3) is 0 Å². The van der Waals surface area contributed by atoms with E-state index in [2.05, 4.69) is 10.2 Å². The third-order valence-corrected chi connectivity index (χ3v) is 2.97. The van der Waals surface area contributed by atoms with Crippen LogP contribution in [0, 0.1) is 0 Å². The van der Waals surface area contributed by atoms with Gasteiger partial charge in [-0.3, -0.25) is 9.69 Å². The van der Waals surface area contributed by atoms with Crippen molar-refractivity contribution in [1.29, 1.82) is 0 Å². The summed E-state index contributed by atoms with van der Waals surface area (Å²) in [6.07, 6.45) is 0.197. The van der Waals surface area contributed by atoms with Gasteiger partial charge < -0.3 is 15.2 Å². The summed E-state index contributed by atoms with van der Waals surface area (Å²) in [5.74, 6) is -0.736. The molecule has 0 saturated carbocycles. The standard InChI is InChI=1S/C10H20N2O3/c1-3-15-5-4-12(2)10(6-9(13)14)7-11-8-10/h11H,3-8H2,1-2H3,(H,13,14). The fourth-order valence-electron chi connectivity index (χ4n) is 1.81. The van der Waals surface area contributed by atoms with E-state index < -0.39 is 5.97 Å². The van der Waals surface area contributed by atoms with Crippen LogP contribution in [0.2, 0.25) is 0 Å². The number of likely N-dealkylation sites (N-methyl/N-ethyl adjacent to an activating group) is 1. The Balaban J connectivity index is 2.39. The average Bonchev–Trinajstić information content (AvgIpc) is 2.11. The van der Waals surface area contributed by atoms with Gasteiger partial charge in [0.2, 0.25) is 0 Å². The van der Waals surface area contributed by atoms with Gasteiger partial charge >= 0.3 is 5.97 Å². The molecular formula is C10H20N2O3. The van der Waals surface area contributed by atoms with Crippen LogP contribution in [0.1, 0.15) is 13.3 Å². The molecule has 0 bridgehead atoms. The highest BCUT2D eigenvalue weighted by atomic mass is 16.5. The highest BCUT2D eigenvalue weighted by Gasteiger charge is 2.42. The molecule has 1 saturated heterocycles. The molecule has 0 radical (unpaired) electrons.